The van der Waals surface area contributed by atoms with Gasteiger partial charge in [-0.1, -0.05) is 12.1 Å². The number of phenolic OH excluding ortho intramolecular Hbond substituents is 1. The Hall–Kier alpha value is -1.33. The predicted octanol–water partition coefficient (Wildman–Crippen LogP) is 2.10. The fraction of sp³-hybridized carbons (Fsp3) is 0.600. The summed E-state index contributed by atoms with van der Waals surface area (Å²) < 4.78 is 18.3. The lowest BCUT2D eigenvalue weighted by Crippen LogP contribution is -2.45. The van der Waals surface area contributed by atoms with Crippen LogP contribution in [0.4, 0.5) is 4.39 Å². The molecule has 2 N–H and O–H groups in total. The molecule has 0 aromatic heterocycles. The maximum Gasteiger partial charge on any atom is 0.162 e. The van der Waals surface area contributed by atoms with E-state index in [4.69, 9.17) is 4.74 Å². The fourth-order valence-electron chi connectivity index (χ4n) is 2.71. The van der Waals surface area contributed by atoms with Crippen molar-refractivity contribution in [2.75, 3.05) is 39.5 Å². The zero-order chi connectivity index (χ0) is 14.4. The minimum Gasteiger partial charge on any atom is -0.504 e. The average Bonchev–Trinajstić information content (AvgIpc) is 2.49. The van der Waals surface area contributed by atoms with Crippen LogP contribution < -0.4 is 10.1 Å². The third-order valence-corrected chi connectivity index (χ3v) is 3.66. The molecule has 1 aliphatic rings. The van der Waals surface area contributed by atoms with Crippen molar-refractivity contribution in [3.8, 4) is 11.5 Å². The number of hydrogen-bond acceptors (Lipinski definition) is 4. The summed E-state index contributed by atoms with van der Waals surface area (Å²) in [6, 6.07) is 5.36. The van der Waals surface area contributed by atoms with Gasteiger partial charge in [0.2, 0.25) is 0 Å². The Labute approximate surface area is 119 Å². The Morgan fingerprint density at radius 1 is 1.40 bits per heavy atom. The van der Waals surface area contributed by atoms with E-state index in [1.807, 2.05) is 19.1 Å². The molecule has 0 radical (unpaired) electrons. The fourth-order valence-corrected chi connectivity index (χ4v) is 2.71. The Balaban J connectivity index is 2.25. The van der Waals surface area contributed by atoms with Crippen LogP contribution in [0.15, 0.2) is 18.2 Å². The molecule has 1 heterocycles. The van der Waals surface area contributed by atoms with E-state index in [9.17, 15) is 9.50 Å². The van der Waals surface area contributed by atoms with Crippen LogP contribution >= 0.6 is 0 Å². The highest BCUT2D eigenvalue weighted by atomic mass is 19.1. The molecule has 1 aromatic carbocycles. The minimum absolute atomic E-state index is 0.0949. The molecule has 0 unspecified atom stereocenters. The van der Waals surface area contributed by atoms with Gasteiger partial charge in [0, 0.05) is 37.8 Å². The van der Waals surface area contributed by atoms with E-state index in [1.54, 1.807) is 6.07 Å². The number of aromatic hydroxyl groups is 1. The first-order valence-corrected chi connectivity index (χ1v) is 7.23. The van der Waals surface area contributed by atoms with Gasteiger partial charge in [0.25, 0.3) is 0 Å². The van der Waals surface area contributed by atoms with Crippen LogP contribution in [0.25, 0.3) is 0 Å². The van der Waals surface area contributed by atoms with Crippen molar-refractivity contribution in [1.29, 1.82) is 0 Å². The van der Waals surface area contributed by atoms with Gasteiger partial charge in [-0.05, 0) is 19.4 Å². The number of hydrogen-bond donors (Lipinski definition) is 2. The molecule has 1 saturated heterocycles. The Kier molecular flexibility index (Phi) is 5.61. The van der Waals surface area contributed by atoms with Crippen LogP contribution in [0.5, 0.6) is 11.5 Å². The third-order valence-electron chi connectivity index (χ3n) is 3.66. The number of phenols is 1. The van der Waals surface area contributed by atoms with Crippen LogP contribution in [-0.4, -0.2) is 49.5 Å². The van der Waals surface area contributed by atoms with E-state index in [2.05, 4.69) is 10.2 Å². The van der Waals surface area contributed by atoms with E-state index in [0.29, 0.717) is 18.8 Å². The molecule has 0 spiro atoms. The van der Waals surface area contributed by atoms with Gasteiger partial charge in [0.1, 0.15) is 0 Å². The van der Waals surface area contributed by atoms with Crippen molar-refractivity contribution in [3.63, 3.8) is 0 Å². The van der Waals surface area contributed by atoms with Gasteiger partial charge in [-0.3, -0.25) is 9.29 Å². The highest BCUT2D eigenvalue weighted by Gasteiger charge is 2.25. The van der Waals surface area contributed by atoms with Crippen molar-refractivity contribution < 1.29 is 14.2 Å². The van der Waals surface area contributed by atoms with Crippen LogP contribution in [0.2, 0.25) is 0 Å². The molecule has 112 valence electrons. The summed E-state index contributed by atoms with van der Waals surface area (Å²) in [5.74, 6) is 0.621. The molecule has 5 heteroatoms. The number of para-hydroxylation sites is 1. The lowest BCUT2D eigenvalue weighted by molar-refractivity contribution is 0.154. The first-order chi connectivity index (χ1) is 9.77. The Morgan fingerprint density at radius 2 is 2.15 bits per heavy atom. The highest BCUT2D eigenvalue weighted by Crippen LogP contribution is 2.37. The zero-order valence-corrected chi connectivity index (χ0v) is 11.9. The average molecular weight is 282 g/mol. The molecule has 1 atom stereocenters. The normalized spacial score (nSPS) is 17.9. The van der Waals surface area contributed by atoms with Crippen molar-refractivity contribution in [2.24, 2.45) is 0 Å². The Morgan fingerprint density at radius 3 is 2.80 bits per heavy atom. The second kappa shape index (κ2) is 7.45. The summed E-state index contributed by atoms with van der Waals surface area (Å²) in [6.07, 6.45) is 0.392. The molecular weight excluding hydrogens is 259 g/mol. The maximum absolute atomic E-state index is 12.9. The predicted molar refractivity (Wildman–Crippen MR) is 77.1 cm³/mol. The lowest BCUT2D eigenvalue weighted by atomic mass is 10.00. The van der Waals surface area contributed by atoms with Crippen LogP contribution in [0, 0.1) is 0 Å². The van der Waals surface area contributed by atoms with E-state index in [1.165, 1.54) is 0 Å². The summed E-state index contributed by atoms with van der Waals surface area (Å²) in [6.45, 7) is 5.50. The highest BCUT2D eigenvalue weighted by molar-refractivity contribution is 5.47. The first-order valence-electron chi connectivity index (χ1n) is 7.23. The second-order valence-corrected chi connectivity index (χ2v) is 4.91. The van der Waals surface area contributed by atoms with Crippen LogP contribution in [0.3, 0.4) is 0 Å². The van der Waals surface area contributed by atoms with Gasteiger partial charge in [0.15, 0.2) is 11.5 Å². The standard InChI is InChI=1S/C15H23FN2O2/c1-2-20-14-5-3-4-12(15(14)19)13(6-7-16)18-10-8-17-9-11-18/h3-5,13,17,19H,2,6-11H2,1H3/t13-/m0/s1. The van der Waals surface area contributed by atoms with Crippen molar-refractivity contribution in [2.45, 2.75) is 19.4 Å². The summed E-state index contributed by atoms with van der Waals surface area (Å²) >= 11 is 0. The number of rotatable bonds is 6. The van der Waals surface area contributed by atoms with Gasteiger partial charge in [0.05, 0.1) is 13.3 Å². The van der Waals surface area contributed by atoms with E-state index in [-0.39, 0.29) is 11.8 Å². The molecule has 0 bridgehead atoms. The largest absolute Gasteiger partial charge is 0.504 e. The van der Waals surface area contributed by atoms with Gasteiger partial charge >= 0.3 is 0 Å². The molecular formula is C15H23FN2O2. The van der Waals surface area contributed by atoms with E-state index < -0.39 is 6.67 Å². The monoisotopic (exact) mass is 282 g/mol. The number of ether oxygens (including phenoxy) is 1. The van der Waals surface area contributed by atoms with E-state index >= 15 is 0 Å². The van der Waals surface area contributed by atoms with Crippen LogP contribution in [-0.2, 0) is 0 Å². The topological polar surface area (TPSA) is 44.7 Å². The number of alkyl halides is 1. The quantitative estimate of drug-likeness (QED) is 0.838. The summed E-state index contributed by atoms with van der Waals surface area (Å²) in [7, 11) is 0. The second-order valence-electron chi connectivity index (χ2n) is 4.91. The number of nitrogens with zero attached hydrogens (tertiary/aromatic N) is 1. The molecule has 20 heavy (non-hydrogen) atoms. The minimum atomic E-state index is -0.396. The van der Waals surface area contributed by atoms with E-state index in [0.717, 1.165) is 31.7 Å². The molecule has 2 rings (SSSR count). The molecule has 1 aliphatic heterocycles. The first kappa shape index (κ1) is 15.1. The van der Waals surface area contributed by atoms with Gasteiger partial charge in [-0.2, -0.15) is 0 Å². The molecule has 1 fully saturated rings. The lowest BCUT2D eigenvalue weighted by Gasteiger charge is -2.35. The smallest absolute Gasteiger partial charge is 0.162 e. The van der Waals surface area contributed by atoms with Crippen molar-refractivity contribution in [3.05, 3.63) is 23.8 Å². The molecule has 0 amide bonds. The maximum atomic E-state index is 12.9. The SMILES string of the molecule is CCOc1cccc([C@H](CCF)N2CCNCC2)c1O. The summed E-state index contributed by atoms with van der Waals surface area (Å²) in [5.41, 5.74) is 0.760. The summed E-state index contributed by atoms with van der Waals surface area (Å²) in [5, 5.41) is 13.6. The van der Waals surface area contributed by atoms with Gasteiger partial charge in [-0.25, -0.2) is 0 Å². The summed E-state index contributed by atoms with van der Waals surface area (Å²) in [4.78, 5) is 2.22. The molecule has 0 saturated carbocycles. The van der Waals surface area contributed by atoms with Gasteiger partial charge < -0.3 is 15.2 Å². The molecule has 0 aliphatic carbocycles. The molecule has 4 nitrogen and oxygen atoms in total. The number of nitrogens with one attached hydrogen (secondary N) is 1. The number of benzene rings is 1. The van der Waals surface area contributed by atoms with Crippen molar-refractivity contribution >= 4 is 0 Å². The van der Waals surface area contributed by atoms with Crippen molar-refractivity contribution in [1.82, 2.24) is 10.2 Å². The Bertz CT molecular complexity index is 422. The number of halogens is 1. The zero-order valence-electron chi connectivity index (χ0n) is 11.9. The van der Waals surface area contributed by atoms with Crippen LogP contribution in [0.1, 0.15) is 24.9 Å². The van der Waals surface area contributed by atoms with Gasteiger partial charge in [-0.15, -0.1) is 0 Å². The number of piperazine rings is 1. The molecule has 1 aromatic rings. The third kappa shape index (κ3) is 3.41.